The number of carbonyl (C=O) groups excluding carboxylic acids is 1. The number of aliphatic hydroxyl groups is 1. The van der Waals surface area contributed by atoms with E-state index in [4.69, 9.17) is 16.3 Å². The first-order chi connectivity index (χ1) is 11.5. The van der Waals surface area contributed by atoms with Crippen LogP contribution in [0.15, 0.2) is 18.2 Å². The number of carbonyl (C=O) groups is 1. The molecule has 3 atom stereocenters. The molecule has 1 aliphatic heterocycles. The van der Waals surface area contributed by atoms with Crippen LogP contribution in [0.4, 0.5) is 0 Å². The zero-order valence-electron chi connectivity index (χ0n) is 14.4. The maximum atomic E-state index is 12.9. The quantitative estimate of drug-likeness (QED) is 0.898. The van der Waals surface area contributed by atoms with Gasteiger partial charge in [-0.15, -0.1) is 0 Å². The van der Waals surface area contributed by atoms with Gasteiger partial charge in [0.15, 0.2) is 0 Å². The Balaban J connectivity index is 1.76. The van der Waals surface area contributed by atoms with Gasteiger partial charge in [-0.1, -0.05) is 24.9 Å². The number of likely N-dealkylation sites (tertiary alicyclic amines) is 1. The fourth-order valence-corrected chi connectivity index (χ4v) is 4.56. The minimum absolute atomic E-state index is 0.00667. The Labute approximate surface area is 148 Å². The molecule has 132 valence electrons. The molecule has 1 N–H and O–H groups in total. The molecule has 2 fully saturated rings. The van der Waals surface area contributed by atoms with E-state index in [1.54, 1.807) is 18.2 Å². The maximum Gasteiger partial charge on any atom is 0.253 e. The Morgan fingerprint density at radius 1 is 1.42 bits per heavy atom. The second-order valence-electron chi connectivity index (χ2n) is 7.00. The van der Waals surface area contributed by atoms with Crippen LogP contribution in [0.5, 0.6) is 5.75 Å². The van der Waals surface area contributed by atoms with Gasteiger partial charge in [-0.3, -0.25) is 4.79 Å². The Morgan fingerprint density at radius 2 is 2.21 bits per heavy atom. The van der Waals surface area contributed by atoms with Gasteiger partial charge in [-0.2, -0.15) is 0 Å². The van der Waals surface area contributed by atoms with Crippen LogP contribution in [0, 0.1) is 11.8 Å². The van der Waals surface area contributed by atoms with E-state index in [0.717, 1.165) is 32.2 Å². The van der Waals surface area contributed by atoms with Gasteiger partial charge in [0.2, 0.25) is 0 Å². The predicted octanol–water partition coefficient (Wildman–Crippen LogP) is 3.75. The molecule has 3 rings (SSSR count). The highest BCUT2D eigenvalue weighted by Crippen LogP contribution is 2.44. The fourth-order valence-electron chi connectivity index (χ4n) is 4.32. The number of hydrogen-bond donors (Lipinski definition) is 1. The second-order valence-corrected chi connectivity index (χ2v) is 7.41. The lowest BCUT2D eigenvalue weighted by Crippen LogP contribution is -2.44. The van der Waals surface area contributed by atoms with Gasteiger partial charge < -0.3 is 14.7 Å². The van der Waals surface area contributed by atoms with Crippen LogP contribution in [0.2, 0.25) is 5.02 Å². The van der Waals surface area contributed by atoms with Crippen LogP contribution in [0.25, 0.3) is 0 Å². The summed E-state index contributed by atoms with van der Waals surface area (Å²) >= 11 is 6.21. The molecule has 1 aromatic carbocycles. The number of amides is 1. The minimum Gasteiger partial charge on any atom is -0.492 e. The summed E-state index contributed by atoms with van der Waals surface area (Å²) in [6, 6.07) is 5.21. The van der Waals surface area contributed by atoms with Gasteiger partial charge in [0.25, 0.3) is 5.91 Å². The average Bonchev–Trinajstić information content (AvgIpc) is 3.02. The number of rotatable bonds is 4. The molecule has 2 aliphatic rings. The molecule has 0 spiro atoms. The molecule has 0 radical (unpaired) electrons. The van der Waals surface area contributed by atoms with Crippen molar-refractivity contribution in [1.82, 2.24) is 4.90 Å². The van der Waals surface area contributed by atoms with E-state index in [1.165, 1.54) is 0 Å². The molecule has 1 heterocycles. The lowest BCUT2D eigenvalue weighted by Gasteiger charge is -2.40. The fraction of sp³-hybridized carbons (Fsp3) is 0.632. The van der Waals surface area contributed by atoms with Crippen molar-refractivity contribution in [1.29, 1.82) is 0 Å². The summed E-state index contributed by atoms with van der Waals surface area (Å²) in [6.45, 7) is 5.85. The van der Waals surface area contributed by atoms with Crippen LogP contribution >= 0.6 is 11.6 Å². The number of hydrogen-bond acceptors (Lipinski definition) is 3. The molecule has 0 unspecified atom stereocenters. The number of halogens is 1. The summed E-state index contributed by atoms with van der Waals surface area (Å²) in [5, 5.41) is 11.3. The zero-order chi connectivity index (χ0) is 17.3. The van der Waals surface area contributed by atoms with Gasteiger partial charge in [0.1, 0.15) is 5.75 Å². The van der Waals surface area contributed by atoms with Crippen molar-refractivity contribution in [3.8, 4) is 5.75 Å². The first-order valence-corrected chi connectivity index (χ1v) is 9.30. The third-order valence-electron chi connectivity index (χ3n) is 5.69. The number of nitrogens with zero attached hydrogens (tertiary/aromatic N) is 1. The molecule has 1 amide bonds. The summed E-state index contributed by atoms with van der Waals surface area (Å²) in [4.78, 5) is 14.7. The van der Waals surface area contributed by atoms with Gasteiger partial charge in [-0.05, 0) is 50.3 Å². The Bertz CT molecular complexity index is 621. The summed E-state index contributed by atoms with van der Waals surface area (Å²) in [6.07, 6.45) is 3.75. The van der Waals surface area contributed by atoms with Crippen molar-refractivity contribution in [3.05, 3.63) is 28.8 Å². The van der Waals surface area contributed by atoms with Gasteiger partial charge in [-0.25, -0.2) is 0 Å². The maximum absolute atomic E-state index is 12.9. The van der Waals surface area contributed by atoms with E-state index in [2.05, 4.69) is 0 Å². The molecular formula is C19H26ClNO3. The van der Waals surface area contributed by atoms with Crippen molar-refractivity contribution in [2.24, 2.45) is 11.8 Å². The van der Waals surface area contributed by atoms with E-state index in [1.807, 2.05) is 18.7 Å². The van der Waals surface area contributed by atoms with E-state index >= 15 is 0 Å². The van der Waals surface area contributed by atoms with Crippen molar-refractivity contribution in [2.75, 3.05) is 19.7 Å². The van der Waals surface area contributed by atoms with Crippen LogP contribution in [-0.4, -0.2) is 41.2 Å². The Morgan fingerprint density at radius 3 is 2.88 bits per heavy atom. The number of fused-ring (bicyclic) bond motifs is 1. The summed E-state index contributed by atoms with van der Waals surface area (Å²) in [5.74, 6) is 1.20. The van der Waals surface area contributed by atoms with Crippen molar-refractivity contribution >= 4 is 17.5 Å². The standard InChI is InChI=1S/C19H26ClNO3/c1-3-19(23)9-5-6-14-11-21(12-15(14)19)18(22)13-7-8-17(24-4-2)16(20)10-13/h7-8,10,14-15,23H,3-6,9,11-12H2,1-2H3/t14-,15+,19-/m0/s1. The molecule has 0 aromatic heterocycles. The van der Waals surface area contributed by atoms with Crippen LogP contribution in [0.1, 0.15) is 49.9 Å². The minimum atomic E-state index is -0.617. The lowest BCUT2D eigenvalue weighted by molar-refractivity contribution is -0.0609. The number of benzene rings is 1. The highest BCUT2D eigenvalue weighted by atomic mass is 35.5. The van der Waals surface area contributed by atoms with E-state index < -0.39 is 5.60 Å². The normalized spacial score (nSPS) is 29.4. The first-order valence-electron chi connectivity index (χ1n) is 8.92. The largest absolute Gasteiger partial charge is 0.492 e. The third kappa shape index (κ3) is 3.14. The summed E-state index contributed by atoms with van der Waals surface area (Å²) in [5.41, 5.74) is -0.0313. The summed E-state index contributed by atoms with van der Waals surface area (Å²) < 4.78 is 5.43. The molecule has 4 nitrogen and oxygen atoms in total. The van der Waals surface area contributed by atoms with Gasteiger partial charge in [0.05, 0.1) is 17.2 Å². The van der Waals surface area contributed by atoms with E-state index in [0.29, 0.717) is 35.4 Å². The summed E-state index contributed by atoms with van der Waals surface area (Å²) in [7, 11) is 0. The first kappa shape index (κ1) is 17.6. The molecule has 1 saturated heterocycles. The van der Waals surface area contributed by atoms with Crippen LogP contribution in [-0.2, 0) is 0 Å². The molecule has 1 aliphatic carbocycles. The average molecular weight is 352 g/mol. The molecule has 1 saturated carbocycles. The molecule has 1 aromatic rings. The topological polar surface area (TPSA) is 49.8 Å². The lowest BCUT2D eigenvalue weighted by atomic mass is 9.69. The molecule has 5 heteroatoms. The highest BCUT2D eigenvalue weighted by Gasteiger charge is 2.48. The van der Waals surface area contributed by atoms with Crippen molar-refractivity contribution < 1.29 is 14.6 Å². The Kier molecular flexibility index (Phi) is 5.07. The van der Waals surface area contributed by atoms with E-state index in [9.17, 15) is 9.90 Å². The second kappa shape index (κ2) is 6.93. The van der Waals surface area contributed by atoms with Crippen molar-refractivity contribution in [3.63, 3.8) is 0 Å². The Hall–Kier alpha value is -1.26. The van der Waals surface area contributed by atoms with E-state index in [-0.39, 0.29) is 11.8 Å². The predicted molar refractivity (Wildman–Crippen MR) is 94.6 cm³/mol. The SMILES string of the molecule is CCOc1ccc(C(=O)N2C[C@@H]3CCC[C@@](O)(CC)[C@@H]3C2)cc1Cl. The molecule has 0 bridgehead atoms. The van der Waals surface area contributed by atoms with Gasteiger partial charge >= 0.3 is 0 Å². The molecular weight excluding hydrogens is 326 g/mol. The van der Waals surface area contributed by atoms with Gasteiger partial charge in [0, 0.05) is 24.6 Å². The highest BCUT2D eigenvalue weighted by molar-refractivity contribution is 6.32. The third-order valence-corrected chi connectivity index (χ3v) is 5.99. The molecule has 24 heavy (non-hydrogen) atoms. The monoisotopic (exact) mass is 351 g/mol. The zero-order valence-corrected chi connectivity index (χ0v) is 15.2. The smallest absolute Gasteiger partial charge is 0.253 e. The van der Waals surface area contributed by atoms with Crippen molar-refractivity contribution in [2.45, 2.75) is 45.1 Å². The van der Waals surface area contributed by atoms with Crippen LogP contribution in [0.3, 0.4) is 0 Å². The number of ether oxygens (including phenoxy) is 1. The van der Waals surface area contributed by atoms with Crippen LogP contribution < -0.4 is 4.74 Å².